The molecule has 0 unspecified atom stereocenters. The van der Waals surface area contributed by atoms with E-state index in [9.17, 15) is 18.4 Å². The van der Waals surface area contributed by atoms with Gasteiger partial charge in [0.05, 0.1) is 6.20 Å². The quantitative estimate of drug-likeness (QED) is 0.752. The van der Waals surface area contributed by atoms with Crippen LogP contribution >= 0.6 is 0 Å². The van der Waals surface area contributed by atoms with Crippen LogP contribution in [0.25, 0.3) is 11.1 Å². The smallest absolute Gasteiger partial charge is 0.245 e. The molecule has 8 heteroatoms. The number of hydrogen-bond donors (Lipinski definition) is 2. The Morgan fingerprint density at radius 1 is 1.30 bits per heavy atom. The zero-order valence-corrected chi connectivity index (χ0v) is 17.5. The van der Waals surface area contributed by atoms with Crippen LogP contribution in [0.2, 0.25) is 0 Å². The first-order valence-corrected chi connectivity index (χ1v) is 10.3. The van der Waals surface area contributed by atoms with Gasteiger partial charge >= 0.3 is 0 Å². The van der Waals surface area contributed by atoms with Gasteiger partial charge in [0.15, 0.2) is 11.6 Å². The van der Waals surface area contributed by atoms with E-state index in [2.05, 4.69) is 15.5 Å². The van der Waals surface area contributed by atoms with Gasteiger partial charge in [0, 0.05) is 37.2 Å². The summed E-state index contributed by atoms with van der Waals surface area (Å²) < 4.78 is 27.0. The van der Waals surface area contributed by atoms with Gasteiger partial charge in [-0.05, 0) is 42.9 Å². The molecule has 1 fully saturated rings. The molecule has 1 aliphatic rings. The number of nitrogens with zero attached hydrogens (tertiary/aromatic N) is 2. The number of rotatable bonds is 6. The third-order valence-electron chi connectivity index (χ3n) is 5.42. The van der Waals surface area contributed by atoms with Crippen LogP contribution < -0.4 is 5.32 Å². The first kappa shape index (κ1) is 21.9. The van der Waals surface area contributed by atoms with E-state index < -0.39 is 17.7 Å². The molecule has 1 aromatic carbocycles. The maximum atomic E-state index is 13.7. The van der Waals surface area contributed by atoms with Crippen LogP contribution in [0.15, 0.2) is 24.4 Å². The summed E-state index contributed by atoms with van der Waals surface area (Å²) in [6.45, 7) is 6.54. The van der Waals surface area contributed by atoms with Crippen molar-refractivity contribution in [2.24, 2.45) is 5.92 Å². The zero-order chi connectivity index (χ0) is 21.8. The van der Waals surface area contributed by atoms with Crippen molar-refractivity contribution in [2.45, 2.75) is 52.0 Å². The molecule has 3 rings (SSSR count). The molecule has 0 aliphatic carbocycles. The Labute approximate surface area is 175 Å². The van der Waals surface area contributed by atoms with Gasteiger partial charge in [-0.1, -0.05) is 19.9 Å². The molecular weight excluding hydrogens is 390 g/mol. The number of hydrogen-bond acceptors (Lipinski definition) is 3. The van der Waals surface area contributed by atoms with Crippen LogP contribution in [0.3, 0.4) is 0 Å². The summed E-state index contributed by atoms with van der Waals surface area (Å²) in [5.41, 5.74) is 2.05. The van der Waals surface area contributed by atoms with E-state index in [1.807, 2.05) is 13.8 Å². The summed E-state index contributed by atoms with van der Waals surface area (Å²) in [7, 11) is 0. The van der Waals surface area contributed by atoms with Crippen LogP contribution in [-0.2, 0) is 9.59 Å². The second-order valence-corrected chi connectivity index (χ2v) is 8.33. The number of aromatic amines is 1. The minimum absolute atomic E-state index is 0.00894. The Morgan fingerprint density at radius 2 is 2.07 bits per heavy atom. The number of piperidine rings is 1. The molecule has 0 spiro atoms. The summed E-state index contributed by atoms with van der Waals surface area (Å²) in [6.07, 6.45) is 3.82. The number of H-pyrrole nitrogens is 1. The maximum absolute atomic E-state index is 13.7. The number of carbonyl (C=O) groups is 2. The molecule has 162 valence electrons. The molecule has 2 amide bonds. The zero-order valence-electron chi connectivity index (χ0n) is 17.5. The number of carbonyl (C=O) groups excluding carboxylic acids is 2. The van der Waals surface area contributed by atoms with Gasteiger partial charge in [-0.3, -0.25) is 14.7 Å². The fourth-order valence-corrected chi connectivity index (χ4v) is 4.07. The predicted octanol–water partition coefficient (Wildman–Crippen LogP) is 3.61. The Hall–Kier alpha value is -2.77. The number of benzene rings is 1. The van der Waals surface area contributed by atoms with Crippen LogP contribution in [0, 0.1) is 17.6 Å². The SMILES string of the molecule is CC(=O)N[C@@H](CC(C)C)C(=O)N1CCC[C@@H](c2[nH]ncc2-c2ccc(F)c(F)c2)C1. The van der Waals surface area contributed by atoms with E-state index in [0.29, 0.717) is 30.6 Å². The highest BCUT2D eigenvalue weighted by Gasteiger charge is 2.32. The Balaban J connectivity index is 1.79. The van der Waals surface area contributed by atoms with Gasteiger partial charge < -0.3 is 10.2 Å². The van der Waals surface area contributed by atoms with Crippen molar-refractivity contribution in [1.29, 1.82) is 0 Å². The lowest BCUT2D eigenvalue weighted by atomic mass is 9.90. The van der Waals surface area contributed by atoms with Crippen molar-refractivity contribution in [1.82, 2.24) is 20.4 Å². The van der Waals surface area contributed by atoms with Crippen LogP contribution in [-0.4, -0.2) is 46.0 Å². The molecule has 2 aromatic rings. The van der Waals surface area contributed by atoms with Gasteiger partial charge in [0.1, 0.15) is 6.04 Å². The van der Waals surface area contributed by atoms with Crippen LogP contribution in [0.1, 0.15) is 51.6 Å². The second-order valence-electron chi connectivity index (χ2n) is 8.33. The van der Waals surface area contributed by atoms with Crippen molar-refractivity contribution in [3.63, 3.8) is 0 Å². The largest absolute Gasteiger partial charge is 0.345 e. The summed E-state index contributed by atoms with van der Waals surface area (Å²) in [6, 6.07) is 3.23. The first-order valence-electron chi connectivity index (χ1n) is 10.3. The third-order valence-corrected chi connectivity index (χ3v) is 5.42. The maximum Gasteiger partial charge on any atom is 0.245 e. The molecule has 1 saturated heterocycles. The average molecular weight is 418 g/mol. The summed E-state index contributed by atoms with van der Waals surface area (Å²) in [4.78, 5) is 26.5. The van der Waals surface area contributed by atoms with E-state index in [0.717, 1.165) is 30.7 Å². The molecule has 0 bridgehead atoms. The van der Waals surface area contributed by atoms with Crippen LogP contribution in [0.5, 0.6) is 0 Å². The molecule has 2 atom stereocenters. The van der Waals surface area contributed by atoms with Gasteiger partial charge in [-0.2, -0.15) is 5.10 Å². The van der Waals surface area contributed by atoms with Crippen molar-refractivity contribution in [2.75, 3.05) is 13.1 Å². The highest BCUT2D eigenvalue weighted by atomic mass is 19.2. The fourth-order valence-electron chi connectivity index (χ4n) is 4.07. The molecule has 6 nitrogen and oxygen atoms in total. The summed E-state index contributed by atoms with van der Waals surface area (Å²) >= 11 is 0. The van der Waals surface area contributed by atoms with Crippen molar-refractivity contribution >= 4 is 11.8 Å². The lowest BCUT2D eigenvalue weighted by molar-refractivity contribution is -0.137. The molecule has 2 N–H and O–H groups in total. The number of nitrogens with one attached hydrogen (secondary N) is 2. The van der Waals surface area contributed by atoms with Gasteiger partial charge in [-0.15, -0.1) is 0 Å². The van der Waals surface area contributed by atoms with Crippen LogP contribution in [0.4, 0.5) is 8.78 Å². The molecule has 1 aromatic heterocycles. The van der Waals surface area contributed by atoms with Gasteiger partial charge in [0.25, 0.3) is 0 Å². The Kier molecular flexibility index (Phi) is 6.84. The number of likely N-dealkylation sites (tertiary alicyclic amines) is 1. The summed E-state index contributed by atoms with van der Waals surface area (Å²) in [5, 5.41) is 9.87. The molecule has 1 aliphatic heterocycles. The third kappa shape index (κ3) is 5.04. The number of amides is 2. The van der Waals surface area contributed by atoms with E-state index in [1.165, 1.54) is 13.0 Å². The lowest BCUT2D eigenvalue weighted by Gasteiger charge is -2.35. The topological polar surface area (TPSA) is 78.1 Å². The standard InChI is InChI=1S/C22H28F2N4O2/c1-13(2)9-20(26-14(3)29)22(30)28-8-4-5-16(12-28)21-17(11-25-27-21)15-6-7-18(23)19(24)10-15/h6-7,10-11,13,16,20H,4-5,8-9,12H2,1-3H3,(H,25,27)(H,26,29)/t16-,20+/m1/s1. The molecular formula is C22H28F2N4O2. The van der Waals surface area contributed by atoms with Gasteiger partial charge in [0.2, 0.25) is 11.8 Å². The molecule has 0 radical (unpaired) electrons. The molecule has 0 saturated carbocycles. The van der Waals surface area contributed by atoms with E-state index >= 15 is 0 Å². The lowest BCUT2D eigenvalue weighted by Crippen LogP contribution is -2.51. The summed E-state index contributed by atoms with van der Waals surface area (Å²) in [5.74, 6) is -1.86. The van der Waals surface area contributed by atoms with Crippen molar-refractivity contribution in [3.05, 3.63) is 41.7 Å². The second kappa shape index (κ2) is 9.36. The van der Waals surface area contributed by atoms with E-state index in [1.54, 1.807) is 11.1 Å². The van der Waals surface area contributed by atoms with Gasteiger partial charge in [-0.25, -0.2) is 8.78 Å². The Morgan fingerprint density at radius 3 is 2.73 bits per heavy atom. The average Bonchev–Trinajstić information content (AvgIpc) is 3.18. The molecule has 2 heterocycles. The highest BCUT2D eigenvalue weighted by molar-refractivity contribution is 5.87. The predicted molar refractivity (Wildman–Crippen MR) is 110 cm³/mol. The molecule has 30 heavy (non-hydrogen) atoms. The Bertz CT molecular complexity index is 912. The van der Waals surface area contributed by atoms with E-state index in [4.69, 9.17) is 0 Å². The monoisotopic (exact) mass is 418 g/mol. The number of halogens is 2. The fraction of sp³-hybridized carbons (Fsp3) is 0.500. The van der Waals surface area contributed by atoms with Crippen molar-refractivity contribution < 1.29 is 18.4 Å². The normalized spacial score (nSPS) is 17.8. The highest BCUT2D eigenvalue weighted by Crippen LogP contribution is 2.33. The first-order chi connectivity index (χ1) is 14.3. The minimum atomic E-state index is -0.910. The number of aromatic nitrogens is 2. The van der Waals surface area contributed by atoms with Crippen molar-refractivity contribution in [3.8, 4) is 11.1 Å². The van der Waals surface area contributed by atoms with E-state index in [-0.39, 0.29) is 23.7 Å². The minimum Gasteiger partial charge on any atom is -0.345 e.